The second-order valence-corrected chi connectivity index (χ2v) is 6.13. The maximum Gasteiger partial charge on any atom is 0.106 e. The van der Waals surface area contributed by atoms with Crippen LogP contribution in [-0.4, -0.2) is 9.58 Å². The van der Waals surface area contributed by atoms with Gasteiger partial charge in [-0.05, 0) is 71.4 Å². The SMILES string of the molecule is ONSc1snc2c3c(c4c(c12)CC4)CC3. The van der Waals surface area contributed by atoms with E-state index in [9.17, 15) is 0 Å². The van der Waals surface area contributed by atoms with E-state index in [0.29, 0.717) is 0 Å². The molecule has 0 bridgehead atoms. The van der Waals surface area contributed by atoms with Crippen LogP contribution in [0.15, 0.2) is 4.21 Å². The zero-order valence-electron chi connectivity index (χ0n) is 8.54. The van der Waals surface area contributed by atoms with E-state index in [4.69, 9.17) is 5.21 Å². The number of hydrogen-bond acceptors (Lipinski definition) is 5. The van der Waals surface area contributed by atoms with Crippen LogP contribution < -0.4 is 4.89 Å². The van der Waals surface area contributed by atoms with Crippen molar-refractivity contribution in [2.75, 3.05) is 0 Å². The standard InChI is InChI=1S/C11H10N2OS2/c14-13-16-11-9-7-3-1-5(7)6-2-4-8(6)10(9)12-15-11/h13-14H,1-4H2. The van der Waals surface area contributed by atoms with Crippen molar-refractivity contribution in [3.63, 3.8) is 0 Å². The van der Waals surface area contributed by atoms with E-state index in [1.54, 1.807) is 11.1 Å². The summed E-state index contributed by atoms with van der Waals surface area (Å²) in [4.78, 5) is 2.17. The average molecular weight is 250 g/mol. The zero-order valence-corrected chi connectivity index (χ0v) is 10.2. The quantitative estimate of drug-likeness (QED) is 0.635. The fourth-order valence-electron chi connectivity index (χ4n) is 2.81. The van der Waals surface area contributed by atoms with Crippen molar-refractivity contribution in [2.24, 2.45) is 0 Å². The Morgan fingerprint density at radius 3 is 2.38 bits per heavy atom. The summed E-state index contributed by atoms with van der Waals surface area (Å²) in [6, 6.07) is 0. The molecule has 1 aromatic heterocycles. The summed E-state index contributed by atoms with van der Waals surface area (Å²) in [6.07, 6.45) is 4.84. The van der Waals surface area contributed by atoms with E-state index in [2.05, 4.69) is 9.26 Å². The Hall–Kier alpha value is -0.620. The lowest BCUT2D eigenvalue weighted by molar-refractivity contribution is 0.259. The third-order valence-corrected chi connectivity index (χ3v) is 5.33. The molecule has 2 aromatic rings. The Morgan fingerprint density at radius 2 is 1.75 bits per heavy atom. The second-order valence-electron chi connectivity index (χ2n) is 4.30. The van der Waals surface area contributed by atoms with Gasteiger partial charge in [0, 0.05) is 5.39 Å². The van der Waals surface area contributed by atoms with E-state index in [1.165, 1.54) is 71.2 Å². The average Bonchev–Trinajstić information content (AvgIpc) is 2.56. The molecule has 0 unspecified atom stereocenters. The smallest absolute Gasteiger partial charge is 0.106 e. The Labute approximate surface area is 101 Å². The van der Waals surface area contributed by atoms with Gasteiger partial charge in [-0.3, -0.25) is 0 Å². The Balaban J connectivity index is 2.08. The molecule has 0 radical (unpaired) electrons. The number of aromatic nitrogens is 1. The summed E-state index contributed by atoms with van der Waals surface area (Å²) in [5.74, 6) is 0. The van der Waals surface area contributed by atoms with Crippen LogP contribution >= 0.6 is 23.5 Å². The second kappa shape index (κ2) is 3.20. The van der Waals surface area contributed by atoms with Crippen LogP contribution in [0.2, 0.25) is 0 Å². The highest BCUT2D eigenvalue weighted by Crippen LogP contribution is 2.46. The van der Waals surface area contributed by atoms with E-state index in [1.807, 2.05) is 0 Å². The molecule has 2 aliphatic rings. The maximum atomic E-state index is 8.81. The Bertz CT molecular complexity index is 606. The first-order chi connectivity index (χ1) is 7.90. The highest BCUT2D eigenvalue weighted by molar-refractivity contribution is 7.99. The highest BCUT2D eigenvalue weighted by Gasteiger charge is 2.31. The zero-order chi connectivity index (χ0) is 10.7. The minimum absolute atomic E-state index is 1.10. The molecule has 0 spiro atoms. The van der Waals surface area contributed by atoms with E-state index in [0.717, 1.165) is 4.21 Å². The number of aryl methyl sites for hydroxylation is 2. The van der Waals surface area contributed by atoms with Gasteiger partial charge in [-0.15, -0.1) is 4.89 Å². The molecule has 0 aliphatic heterocycles. The molecule has 0 saturated carbocycles. The Kier molecular flexibility index (Phi) is 1.88. The minimum atomic E-state index is 1.10. The predicted octanol–water partition coefficient (Wildman–Crippen LogP) is 2.48. The van der Waals surface area contributed by atoms with E-state index >= 15 is 0 Å². The van der Waals surface area contributed by atoms with Gasteiger partial charge in [0.05, 0.1) is 5.52 Å². The van der Waals surface area contributed by atoms with Crippen molar-refractivity contribution >= 4 is 34.4 Å². The molecule has 5 heteroatoms. The first-order valence-electron chi connectivity index (χ1n) is 5.41. The summed E-state index contributed by atoms with van der Waals surface area (Å²) in [5.41, 5.74) is 7.30. The fourth-order valence-corrected chi connectivity index (χ4v) is 4.28. The molecule has 3 nitrogen and oxygen atoms in total. The number of rotatable bonds is 2. The monoisotopic (exact) mass is 250 g/mol. The molecule has 1 aromatic carbocycles. The van der Waals surface area contributed by atoms with Crippen LogP contribution in [0.3, 0.4) is 0 Å². The molecular weight excluding hydrogens is 240 g/mol. The lowest BCUT2D eigenvalue weighted by Crippen LogP contribution is -2.21. The van der Waals surface area contributed by atoms with Gasteiger partial charge in [0.1, 0.15) is 4.21 Å². The molecule has 0 amide bonds. The van der Waals surface area contributed by atoms with Crippen molar-refractivity contribution in [1.82, 2.24) is 9.26 Å². The third kappa shape index (κ3) is 0.996. The maximum absolute atomic E-state index is 8.81. The van der Waals surface area contributed by atoms with Crippen molar-refractivity contribution in [2.45, 2.75) is 29.9 Å². The van der Waals surface area contributed by atoms with Gasteiger partial charge >= 0.3 is 0 Å². The van der Waals surface area contributed by atoms with Crippen LogP contribution in [-0.2, 0) is 25.7 Å². The topological polar surface area (TPSA) is 45.1 Å². The van der Waals surface area contributed by atoms with Crippen LogP contribution in [0.5, 0.6) is 0 Å². The minimum Gasteiger partial charge on any atom is -0.306 e. The van der Waals surface area contributed by atoms with Crippen LogP contribution in [0, 0.1) is 0 Å². The molecule has 4 rings (SSSR count). The number of benzene rings is 1. The first-order valence-corrected chi connectivity index (χ1v) is 7.00. The molecular formula is C11H10N2OS2. The van der Waals surface area contributed by atoms with Crippen LogP contribution in [0.25, 0.3) is 10.9 Å². The van der Waals surface area contributed by atoms with E-state index in [-0.39, 0.29) is 0 Å². The summed E-state index contributed by atoms with van der Waals surface area (Å²) >= 11 is 2.76. The molecule has 2 N–H and O–H groups in total. The highest BCUT2D eigenvalue weighted by atomic mass is 32.2. The van der Waals surface area contributed by atoms with E-state index < -0.39 is 0 Å². The molecule has 0 fully saturated rings. The van der Waals surface area contributed by atoms with Crippen molar-refractivity contribution in [3.05, 3.63) is 22.3 Å². The van der Waals surface area contributed by atoms with Gasteiger partial charge in [0.2, 0.25) is 0 Å². The number of nitrogens with one attached hydrogen (secondary N) is 1. The molecule has 0 saturated heterocycles. The molecule has 82 valence electrons. The van der Waals surface area contributed by atoms with Crippen LogP contribution in [0.1, 0.15) is 22.3 Å². The summed E-state index contributed by atoms with van der Waals surface area (Å²) in [7, 11) is 0. The van der Waals surface area contributed by atoms with Crippen LogP contribution in [0.4, 0.5) is 0 Å². The summed E-state index contributed by atoms with van der Waals surface area (Å²) in [5, 5.41) is 10.1. The van der Waals surface area contributed by atoms with Gasteiger partial charge < -0.3 is 5.21 Å². The normalized spacial score (nSPS) is 16.6. The lowest BCUT2D eigenvalue weighted by atomic mass is 9.73. The van der Waals surface area contributed by atoms with Gasteiger partial charge in [-0.25, -0.2) is 0 Å². The molecule has 0 atom stereocenters. The predicted molar refractivity (Wildman–Crippen MR) is 65.2 cm³/mol. The third-order valence-electron chi connectivity index (χ3n) is 3.73. The van der Waals surface area contributed by atoms with Crippen molar-refractivity contribution in [1.29, 1.82) is 0 Å². The first kappa shape index (κ1) is 9.41. The Morgan fingerprint density at radius 1 is 1.06 bits per heavy atom. The number of hydrogen-bond donors (Lipinski definition) is 2. The molecule has 1 heterocycles. The number of nitrogens with zero attached hydrogens (tertiary/aromatic N) is 1. The summed E-state index contributed by atoms with van der Waals surface area (Å²) in [6.45, 7) is 0. The van der Waals surface area contributed by atoms with Gasteiger partial charge in [0.25, 0.3) is 0 Å². The summed E-state index contributed by atoms with van der Waals surface area (Å²) < 4.78 is 5.65. The molecule has 2 aliphatic carbocycles. The largest absolute Gasteiger partial charge is 0.306 e. The number of fused-ring (bicyclic) bond motifs is 6. The molecule has 16 heavy (non-hydrogen) atoms. The van der Waals surface area contributed by atoms with Crippen molar-refractivity contribution < 1.29 is 5.21 Å². The van der Waals surface area contributed by atoms with Gasteiger partial charge in [-0.1, -0.05) is 0 Å². The fraction of sp³-hybridized carbons (Fsp3) is 0.364. The van der Waals surface area contributed by atoms with Gasteiger partial charge in [0.15, 0.2) is 0 Å². The lowest BCUT2D eigenvalue weighted by Gasteiger charge is -2.31. The van der Waals surface area contributed by atoms with Crippen molar-refractivity contribution in [3.8, 4) is 0 Å². The van der Waals surface area contributed by atoms with Gasteiger partial charge in [-0.2, -0.15) is 4.37 Å².